The number of ether oxygens (including phenoxy) is 1. The molecule has 6 heteroatoms. The van der Waals surface area contributed by atoms with E-state index in [0.29, 0.717) is 5.75 Å². The van der Waals surface area contributed by atoms with Crippen molar-refractivity contribution >= 4 is 10.4 Å². The van der Waals surface area contributed by atoms with Gasteiger partial charge in [0.25, 0.3) is 0 Å². The summed E-state index contributed by atoms with van der Waals surface area (Å²) in [4.78, 5) is 0. The third-order valence-corrected chi connectivity index (χ3v) is 1.66. The van der Waals surface area contributed by atoms with Crippen molar-refractivity contribution in [3.8, 4) is 11.5 Å². The first-order valence-corrected chi connectivity index (χ1v) is 4.69. The van der Waals surface area contributed by atoms with E-state index in [9.17, 15) is 8.42 Å². The molecule has 5 nitrogen and oxygen atoms in total. The Morgan fingerprint density at radius 3 is 2.00 bits per heavy atom. The van der Waals surface area contributed by atoms with E-state index >= 15 is 0 Å². The van der Waals surface area contributed by atoms with Crippen molar-refractivity contribution in [1.29, 1.82) is 0 Å². The molecule has 1 rings (SSSR count). The first-order chi connectivity index (χ1) is 6.01. The van der Waals surface area contributed by atoms with Crippen LogP contribution in [-0.2, 0) is 10.4 Å². The Morgan fingerprint density at radius 1 is 1.15 bits per heavy atom. The molecule has 0 aromatic heterocycles. The average molecular weight is 204 g/mol. The summed E-state index contributed by atoms with van der Waals surface area (Å²) < 4.78 is 37.8. The van der Waals surface area contributed by atoms with Gasteiger partial charge in [0.1, 0.15) is 11.5 Å². The fourth-order valence-corrected chi connectivity index (χ4v) is 1.11. The standard InChI is InChI=1S/C7H8O5S/c1-11-6-2-4-7(5-3-6)12-13(8,9)10/h2-5H,1H3,(H,8,9,10). The Kier molecular flexibility index (Phi) is 2.74. The Morgan fingerprint density at radius 2 is 1.62 bits per heavy atom. The molecule has 0 saturated carbocycles. The number of hydrogen-bond donors (Lipinski definition) is 1. The van der Waals surface area contributed by atoms with Gasteiger partial charge in [-0.25, -0.2) is 0 Å². The molecule has 1 aromatic carbocycles. The second kappa shape index (κ2) is 3.63. The van der Waals surface area contributed by atoms with Crippen molar-refractivity contribution in [3.63, 3.8) is 0 Å². The quantitative estimate of drug-likeness (QED) is 0.740. The zero-order chi connectivity index (χ0) is 9.90. The van der Waals surface area contributed by atoms with Crippen LogP contribution in [0.5, 0.6) is 11.5 Å². The second-order valence-electron chi connectivity index (χ2n) is 2.19. The molecule has 13 heavy (non-hydrogen) atoms. The first kappa shape index (κ1) is 9.82. The van der Waals surface area contributed by atoms with Crippen LogP contribution >= 0.6 is 0 Å². The number of benzene rings is 1. The number of hydrogen-bond acceptors (Lipinski definition) is 4. The highest BCUT2D eigenvalue weighted by Gasteiger charge is 2.05. The molecule has 1 aromatic rings. The Balaban J connectivity index is 2.81. The Bertz CT molecular complexity index is 366. The van der Waals surface area contributed by atoms with Crippen molar-refractivity contribution in [1.82, 2.24) is 0 Å². The fraction of sp³-hybridized carbons (Fsp3) is 0.143. The van der Waals surface area contributed by atoms with Crippen molar-refractivity contribution in [2.75, 3.05) is 7.11 Å². The van der Waals surface area contributed by atoms with Gasteiger partial charge in [0.2, 0.25) is 0 Å². The average Bonchev–Trinajstić information content (AvgIpc) is 2.03. The van der Waals surface area contributed by atoms with Crippen LogP contribution in [0.25, 0.3) is 0 Å². The maximum atomic E-state index is 10.3. The zero-order valence-corrected chi connectivity index (χ0v) is 7.61. The third-order valence-electron chi connectivity index (χ3n) is 1.26. The largest absolute Gasteiger partial charge is 0.497 e. The minimum atomic E-state index is -4.44. The van der Waals surface area contributed by atoms with Crippen molar-refractivity contribution in [2.45, 2.75) is 0 Å². The number of methoxy groups -OCH3 is 1. The van der Waals surface area contributed by atoms with E-state index in [4.69, 9.17) is 9.29 Å². The molecular formula is C7H8O5S. The van der Waals surface area contributed by atoms with Gasteiger partial charge in [-0.1, -0.05) is 0 Å². The maximum Gasteiger partial charge on any atom is 0.446 e. The summed E-state index contributed by atoms with van der Waals surface area (Å²) in [5.74, 6) is 0.603. The smallest absolute Gasteiger partial charge is 0.446 e. The van der Waals surface area contributed by atoms with Gasteiger partial charge in [-0.2, -0.15) is 8.42 Å². The van der Waals surface area contributed by atoms with Crippen LogP contribution in [0.1, 0.15) is 0 Å². The second-order valence-corrected chi connectivity index (χ2v) is 3.21. The van der Waals surface area contributed by atoms with Gasteiger partial charge in [0.05, 0.1) is 7.11 Å². The molecule has 0 atom stereocenters. The molecule has 0 unspecified atom stereocenters. The van der Waals surface area contributed by atoms with Gasteiger partial charge < -0.3 is 8.92 Å². The Hall–Kier alpha value is -1.27. The van der Waals surface area contributed by atoms with Crippen LogP contribution < -0.4 is 8.92 Å². The fourth-order valence-electron chi connectivity index (χ4n) is 0.753. The zero-order valence-electron chi connectivity index (χ0n) is 6.80. The van der Waals surface area contributed by atoms with Crippen LogP contribution in [0.2, 0.25) is 0 Å². The van der Waals surface area contributed by atoms with Gasteiger partial charge in [0.15, 0.2) is 0 Å². The Labute approximate surface area is 75.9 Å². The minimum Gasteiger partial charge on any atom is -0.497 e. The van der Waals surface area contributed by atoms with E-state index in [2.05, 4.69) is 4.18 Å². The van der Waals surface area contributed by atoms with Crippen LogP contribution in [0.15, 0.2) is 24.3 Å². The van der Waals surface area contributed by atoms with E-state index in [1.165, 1.54) is 31.4 Å². The lowest BCUT2D eigenvalue weighted by atomic mass is 10.3. The highest BCUT2D eigenvalue weighted by atomic mass is 32.3. The molecule has 0 bridgehead atoms. The monoisotopic (exact) mass is 204 g/mol. The van der Waals surface area contributed by atoms with Crippen LogP contribution in [0, 0.1) is 0 Å². The van der Waals surface area contributed by atoms with Crippen LogP contribution in [0.3, 0.4) is 0 Å². The summed E-state index contributed by atoms with van der Waals surface area (Å²) in [6, 6.07) is 5.76. The molecule has 0 radical (unpaired) electrons. The molecule has 1 N–H and O–H groups in total. The lowest BCUT2D eigenvalue weighted by Crippen LogP contribution is -2.06. The summed E-state index contributed by atoms with van der Waals surface area (Å²) >= 11 is 0. The van der Waals surface area contributed by atoms with E-state index in [0.717, 1.165) is 0 Å². The van der Waals surface area contributed by atoms with Crippen LogP contribution in [-0.4, -0.2) is 20.1 Å². The molecule has 0 fully saturated rings. The van der Waals surface area contributed by atoms with Gasteiger partial charge in [0, 0.05) is 0 Å². The van der Waals surface area contributed by atoms with Gasteiger partial charge in [-0.15, -0.1) is 0 Å². The summed E-state index contributed by atoms with van der Waals surface area (Å²) in [6.07, 6.45) is 0. The summed E-state index contributed by atoms with van der Waals surface area (Å²) in [5.41, 5.74) is 0. The molecule has 0 saturated heterocycles. The first-order valence-electron chi connectivity index (χ1n) is 3.32. The summed E-state index contributed by atoms with van der Waals surface area (Å²) in [7, 11) is -2.95. The minimum absolute atomic E-state index is 0.0308. The molecular weight excluding hydrogens is 196 g/mol. The highest BCUT2D eigenvalue weighted by Crippen LogP contribution is 2.17. The van der Waals surface area contributed by atoms with E-state index < -0.39 is 10.4 Å². The normalized spacial score (nSPS) is 10.9. The van der Waals surface area contributed by atoms with Crippen molar-refractivity contribution < 1.29 is 21.9 Å². The molecule has 0 spiro atoms. The van der Waals surface area contributed by atoms with Crippen molar-refractivity contribution in [3.05, 3.63) is 24.3 Å². The summed E-state index contributed by atoms with van der Waals surface area (Å²) in [5, 5.41) is 0. The SMILES string of the molecule is COc1ccc(OS(=O)(=O)O)cc1. The molecule has 0 aliphatic heterocycles. The molecule has 0 aliphatic carbocycles. The lowest BCUT2D eigenvalue weighted by Gasteiger charge is -2.02. The predicted molar refractivity (Wildman–Crippen MR) is 45.2 cm³/mol. The lowest BCUT2D eigenvalue weighted by molar-refractivity contribution is 0.385. The number of rotatable bonds is 3. The summed E-state index contributed by atoms with van der Waals surface area (Å²) in [6.45, 7) is 0. The van der Waals surface area contributed by atoms with Gasteiger partial charge >= 0.3 is 10.4 Å². The van der Waals surface area contributed by atoms with Gasteiger partial charge in [-0.3, -0.25) is 4.55 Å². The van der Waals surface area contributed by atoms with Crippen LogP contribution in [0.4, 0.5) is 0 Å². The highest BCUT2D eigenvalue weighted by molar-refractivity contribution is 7.81. The third kappa shape index (κ3) is 3.30. The molecule has 0 heterocycles. The van der Waals surface area contributed by atoms with E-state index in [1.807, 2.05) is 0 Å². The van der Waals surface area contributed by atoms with E-state index in [-0.39, 0.29) is 5.75 Å². The molecule has 0 amide bonds. The maximum absolute atomic E-state index is 10.3. The predicted octanol–water partition coefficient (Wildman–Crippen LogP) is 0.877. The van der Waals surface area contributed by atoms with E-state index in [1.54, 1.807) is 0 Å². The molecule has 72 valence electrons. The van der Waals surface area contributed by atoms with Crippen molar-refractivity contribution in [2.24, 2.45) is 0 Å². The molecule has 0 aliphatic rings. The topological polar surface area (TPSA) is 72.8 Å². The van der Waals surface area contributed by atoms with Gasteiger partial charge in [-0.05, 0) is 24.3 Å².